The molecule has 0 saturated carbocycles. The average Bonchev–Trinajstić information content (AvgIpc) is 2.36. The largest absolute Gasteiger partial charge is 0.534 e. The van der Waals surface area contributed by atoms with Gasteiger partial charge in [-0.05, 0) is 6.42 Å². The molecule has 0 aliphatic heterocycles. The number of rotatable bonds is 4. The molecule has 6 nitrogen and oxygen atoms in total. The Morgan fingerprint density at radius 1 is 1.25 bits per heavy atom. The Kier molecular flexibility index (Phi) is 4.69. The Balaban J connectivity index is 3.23. The van der Waals surface area contributed by atoms with Crippen LogP contribution in [-0.4, -0.2) is 34.1 Å². The van der Waals surface area contributed by atoms with Gasteiger partial charge in [-0.15, -0.1) is 0 Å². The van der Waals surface area contributed by atoms with Crippen LogP contribution >= 0.6 is 0 Å². The summed E-state index contributed by atoms with van der Waals surface area (Å²) in [5, 5.41) is 0. The van der Waals surface area contributed by atoms with E-state index in [0.29, 0.717) is 0 Å². The van der Waals surface area contributed by atoms with E-state index in [1.807, 2.05) is 0 Å². The van der Waals surface area contributed by atoms with E-state index < -0.39 is 27.4 Å². The summed E-state index contributed by atoms with van der Waals surface area (Å²) in [5.74, 6) is -1.54. The molecule has 114 valence electrons. The minimum Gasteiger partial charge on any atom is -0.501 e. The Labute approximate surface area is 112 Å². The summed E-state index contributed by atoms with van der Waals surface area (Å²) in [6, 6.07) is 0. The summed E-state index contributed by atoms with van der Waals surface area (Å²) < 4.78 is 71.9. The highest BCUT2D eigenvalue weighted by Crippen LogP contribution is 2.32. The minimum absolute atomic E-state index is 0.0605. The highest BCUT2D eigenvalue weighted by molar-refractivity contribution is 7.87. The first-order chi connectivity index (χ1) is 9.12. The van der Waals surface area contributed by atoms with E-state index in [9.17, 15) is 26.4 Å². The average molecular weight is 316 g/mol. The van der Waals surface area contributed by atoms with E-state index in [1.54, 1.807) is 0 Å². The van der Waals surface area contributed by atoms with E-state index in [0.717, 1.165) is 13.2 Å². The number of allylic oxidation sites excluding steroid dienone is 2. The predicted octanol–water partition coefficient (Wildman–Crippen LogP) is 1.60. The van der Waals surface area contributed by atoms with Gasteiger partial charge in [-0.25, -0.2) is 4.79 Å². The van der Waals surface area contributed by atoms with Crippen LogP contribution < -0.4 is 0 Å². The Hall–Kier alpha value is -1.71. The molecule has 0 spiro atoms. The first-order valence-corrected chi connectivity index (χ1v) is 6.60. The zero-order valence-corrected chi connectivity index (χ0v) is 11.3. The number of carbonyl (C=O) groups is 1. The zero-order valence-electron chi connectivity index (χ0n) is 10.5. The van der Waals surface area contributed by atoms with Gasteiger partial charge in [-0.1, -0.05) is 0 Å². The third kappa shape index (κ3) is 3.44. The summed E-state index contributed by atoms with van der Waals surface area (Å²) in [7, 11) is -3.60. The second-order valence-electron chi connectivity index (χ2n) is 3.63. The smallest absolute Gasteiger partial charge is 0.501 e. The van der Waals surface area contributed by atoms with Crippen molar-refractivity contribution in [2.75, 3.05) is 14.2 Å². The van der Waals surface area contributed by atoms with Gasteiger partial charge in [0, 0.05) is 12.5 Å². The molecule has 0 aromatic carbocycles. The predicted molar refractivity (Wildman–Crippen MR) is 59.4 cm³/mol. The van der Waals surface area contributed by atoms with E-state index in [-0.39, 0.29) is 24.2 Å². The fourth-order valence-electron chi connectivity index (χ4n) is 1.40. The van der Waals surface area contributed by atoms with Gasteiger partial charge in [0.1, 0.15) is 0 Å². The van der Waals surface area contributed by atoms with Gasteiger partial charge in [0.2, 0.25) is 0 Å². The molecule has 0 amide bonds. The second kappa shape index (κ2) is 5.73. The van der Waals surface area contributed by atoms with Crippen LogP contribution in [0.4, 0.5) is 13.2 Å². The van der Waals surface area contributed by atoms with Gasteiger partial charge in [-0.2, -0.15) is 21.6 Å². The normalized spacial score (nSPS) is 16.6. The lowest BCUT2D eigenvalue weighted by Gasteiger charge is -2.18. The molecule has 0 saturated heterocycles. The third-order valence-corrected chi connectivity index (χ3v) is 3.35. The number of hydrogen-bond acceptors (Lipinski definition) is 6. The monoisotopic (exact) mass is 316 g/mol. The number of esters is 1. The molecule has 0 radical (unpaired) electrons. The molecule has 0 unspecified atom stereocenters. The molecule has 0 fully saturated rings. The summed E-state index contributed by atoms with van der Waals surface area (Å²) in [5.41, 5.74) is -5.90. The highest BCUT2D eigenvalue weighted by Gasteiger charge is 2.49. The van der Waals surface area contributed by atoms with E-state index in [2.05, 4.69) is 8.92 Å². The lowest BCUT2D eigenvalue weighted by molar-refractivity contribution is -0.136. The van der Waals surface area contributed by atoms with Gasteiger partial charge in [0.25, 0.3) is 0 Å². The van der Waals surface area contributed by atoms with Gasteiger partial charge in [0.05, 0.1) is 25.6 Å². The quantitative estimate of drug-likeness (QED) is 0.445. The van der Waals surface area contributed by atoms with Crippen molar-refractivity contribution in [2.45, 2.75) is 18.3 Å². The van der Waals surface area contributed by atoms with Crippen molar-refractivity contribution in [3.63, 3.8) is 0 Å². The second-order valence-corrected chi connectivity index (χ2v) is 5.17. The fourth-order valence-corrected chi connectivity index (χ4v) is 1.88. The third-order valence-electron chi connectivity index (χ3n) is 2.39. The SMILES string of the molecule is COC(=O)C1=C(OS(=O)(=O)C(F)(F)F)C=C(OC)CC1. The standard InChI is InChI=1S/C10H11F3O6S/c1-17-6-3-4-7(9(14)18-2)8(5-6)19-20(15,16)10(11,12)13/h5H,3-4H2,1-2H3. The molecule has 1 aliphatic rings. The molecule has 0 atom stereocenters. The maximum atomic E-state index is 12.3. The van der Waals surface area contributed by atoms with Gasteiger partial charge < -0.3 is 13.7 Å². The summed E-state index contributed by atoms with van der Waals surface area (Å²) in [6.45, 7) is 0. The number of halogens is 3. The molecule has 0 bridgehead atoms. The van der Waals surface area contributed by atoms with Crippen molar-refractivity contribution in [3.8, 4) is 0 Å². The van der Waals surface area contributed by atoms with E-state index in [1.165, 1.54) is 7.11 Å². The van der Waals surface area contributed by atoms with Crippen LogP contribution in [0.15, 0.2) is 23.2 Å². The van der Waals surface area contributed by atoms with Crippen LogP contribution in [0, 0.1) is 0 Å². The van der Waals surface area contributed by atoms with Gasteiger partial charge in [0.15, 0.2) is 5.76 Å². The van der Waals surface area contributed by atoms with Crippen LogP contribution in [0.25, 0.3) is 0 Å². The molecule has 0 N–H and O–H groups in total. The Morgan fingerprint density at radius 3 is 2.30 bits per heavy atom. The van der Waals surface area contributed by atoms with Crippen molar-refractivity contribution in [1.29, 1.82) is 0 Å². The molecule has 1 rings (SSSR count). The topological polar surface area (TPSA) is 78.9 Å². The molecule has 1 aliphatic carbocycles. The summed E-state index contributed by atoms with van der Waals surface area (Å²) in [4.78, 5) is 11.4. The Bertz CT molecular complexity index is 558. The van der Waals surface area contributed by atoms with Crippen molar-refractivity contribution in [1.82, 2.24) is 0 Å². The van der Waals surface area contributed by atoms with E-state index >= 15 is 0 Å². The van der Waals surface area contributed by atoms with Crippen LogP contribution in [0.2, 0.25) is 0 Å². The maximum absolute atomic E-state index is 12.3. The van der Waals surface area contributed by atoms with Crippen LogP contribution in [-0.2, 0) is 28.6 Å². The number of alkyl halides is 3. The lowest BCUT2D eigenvalue weighted by Crippen LogP contribution is -2.26. The molecule has 20 heavy (non-hydrogen) atoms. The molecular weight excluding hydrogens is 305 g/mol. The van der Waals surface area contributed by atoms with Gasteiger partial charge >= 0.3 is 21.6 Å². The van der Waals surface area contributed by atoms with Crippen molar-refractivity contribution in [2.24, 2.45) is 0 Å². The maximum Gasteiger partial charge on any atom is 0.534 e. The Morgan fingerprint density at radius 2 is 1.85 bits per heavy atom. The van der Waals surface area contributed by atoms with Crippen LogP contribution in [0.3, 0.4) is 0 Å². The first-order valence-electron chi connectivity index (χ1n) is 5.19. The molecule has 0 aromatic heterocycles. The van der Waals surface area contributed by atoms with E-state index in [4.69, 9.17) is 4.74 Å². The molecule has 0 aromatic rings. The number of carbonyl (C=O) groups excluding carboxylic acids is 1. The van der Waals surface area contributed by atoms with Crippen LogP contribution in [0.1, 0.15) is 12.8 Å². The number of methoxy groups -OCH3 is 2. The van der Waals surface area contributed by atoms with Crippen molar-refractivity contribution >= 4 is 16.1 Å². The highest BCUT2D eigenvalue weighted by atomic mass is 32.2. The minimum atomic E-state index is -5.87. The van der Waals surface area contributed by atoms with Gasteiger partial charge in [-0.3, -0.25) is 0 Å². The lowest BCUT2D eigenvalue weighted by atomic mass is 10.0. The van der Waals surface area contributed by atoms with Crippen LogP contribution in [0.5, 0.6) is 0 Å². The van der Waals surface area contributed by atoms with Crippen molar-refractivity contribution < 1.29 is 40.0 Å². The number of hydrogen-bond donors (Lipinski definition) is 0. The molecular formula is C10H11F3O6S. The summed E-state index contributed by atoms with van der Waals surface area (Å²) >= 11 is 0. The van der Waals surface area contributed by atoms with Crippen molar-refractivity contribution in [3.05, 3.63) is 23.2 Å². The molecule has 0 heterocycles. The fraction of sp³-hybridized carbons (Fsp3) is 0.500. The molecule has 10 heteroatoms. The zero-order chi connectivity index (χ0) is 15.6. The first kappa shape index (κ1) is 16.3. The summed E-state index contributed by atoms with van der Waals surface area (Å²) in [6.07, 6.45) is 1.06. The number of ether oxygens (including phenoxy) is 2.